The molecule has 2 aromatic heterocycles. The average molecular weight is 357 g/mol. The smallest absolute Gasteiger partial charge is 0.319 e. The highest BCUT2D eigenvalue weighted by atomic mass is 16.5. The van der Waals surface area contributed by atoms with E-state index >= 15 is 0 Å². The van der Waals surface area contributed by atoms with Crippen LogP contribution in [0.1, 0.15) is 11.7 Å². The van der Waals surface area contributed by atoms with Crippen molar-refractivity contribution in [1.82, 2.24) is 20.2 Å². The molecule has 1 aliphatic heterocycles. The van der Waals surface area contributed by atoms with Gasteiger partial charge in [-0.1, -0.05) is 6.07 Å². The van der Waals surface area contributed by atoms with Gasteiger partial charge in [0.05, 0.1) is 43.9 Å². The summed E-state index contributed by atoms with van der Waals surface area (Å²) in [5, 5.41) is 5.70. The van der Waals surface area contributed by atoms with Gasteiger partial charge >= 0.3 is 6.03 Å². The summed E-state index contributed by atoms with van der Waals surface area (Å²) in [7, 11) is 1.55. The van der Waals surface area contributed by atoms with Crippen molar-refractivity contribution >= 4 is 11.7 Å². The van der Waals surface area contributed by atoms with E-state index in [4.69, 9.17) is 9.47 Å². The van der Waals surface area contributed by atoms with Gasteiger partial charge in [0.25, 0.3) is 0 Å². The van der Waals surface area contributed by atoms with Gasteiger partial charge in [0.15, 0.2) is 0 Å². The van der Waals surface area contributed by atoms with Crippen LogP contribution in [0.4, 0.5) is 10.5 Å². The quantitative estimate of drug-likeness (QED) is 0.818. The van der Waals surface area contributed by atoms with Crippen LogP contribution in [0.3, 0.4) is 0 Å². The highest BCUT2D eigenvalue weighted by molar-refractivity contribution is 5.89. The Balaban J connectivity index is 1.60. The molecule has 8 nitrogen and oxygen atoms in total. The van der Waals surface area contributed by atoms with Crippen molar-refractivity contribution in [3.05, 3.63) is 48.4 Å². The molecule has 2 N–H and O–H groups in total. The molecule has 138 valence electrons. The Morgan fingerprint density at radius 2 is 2.12 bits per heavy atom. The summed E-state index contributed by atoms with van der Waals surface area (Å²) in [5.74, 6) is 0.499. The monoisotopic (exact) mass is 357 g/mol. The number of ether oxygens (including phenoxy) is 2. The normalized spacial score (nSPS) is 15.9. The number of methoxy groups -OCH3 is 1. The summed E-state index contributed by atoms with van der Waals surface area (Å²) < 4.78 is 10.4. The number of nitrogens with one attached hydrogen (secondary N) is 2. The van der Waals surface area contributed by atoms with E-state index in [9.17, 15) is 4.79 Å². The predicted molar refractivity (Wildman–Crippen MR) is 97.2 cm³/mol. The summed E-state index contributed by atoms with van der Waals surface area (Å²) in [4.78, 5) is 23.0. The Kier molecular flexibility index (Phi) is 6.34. The van der Waals surface area contributed by atoms with Crippen LogP contribution >= 0.6 is 0 Å². The third kappa shape index (κ3) is 4.90. The molecule has 2 aromatic rings. The van der Waals surface area contributed by atoms with Crippen LogP contribution in [0.25, 0.3) is 0 Å². The minimum absolute atomic E-state index is 0.000146. The van der Waals surface area contributed by atoms with Crippen molar-refractivity contribution in [3.8, 4) is 5.88 Å². The molecule has 0 unspecified atom stereocenters. The first-order valence-electron chi connectivity index (χ1n) is 8.54. The third-order valence-corrected chi connectivity index (χ3v) is 4.17. The molecule has 2 amide bonds. The van der Waals surface area contributed by atoms with E-state index < -0.39 is 0 Å². The van der Waals surface area contributed by atoms with Crippen molar-refractivity contribution < 1.29 is 14.3 Å². The molecule has 0 aliphatic carbocycles. The molecule has 3 heterocycles. The number of pyridine rings is 2. The second kappa shape index (κ2) is 9.12. The van der Waals surface area contributed by atoms with E-state index in [1.165, 1.54) is 0 Å². The van der Waals surface area contributed by atoms with Gasteiger partial charge in [-0.2, -0.15) is 0 Å². The van der Waals surface area contributed by atoms with E-state index in [-0.39, 0.29) is 12.1 Å². The fourth-order valence-electron chi connectivity index (χ4n) is 2.82. The molecule has 1 atom stereocenters. The number of nitrogens with zero attached hydrogens (tertiary/aromatic N) is 3. The lowest BCUT2D eigenvalue weighted by Gasteiger charge is -2.34. The SMILES string of the molecule is COc1ccc(NC(=O)NC[C@H](c2ccccn2)N2CCOCC2)cn1. The van der Waals surface area contributed by atoms with Gasteiger partial charge < -0.3 is 20.1 Å². The minimum atomic E-state index is -0.286. The van der Waals surface area contributed by atoms with Gasteiger partial charge in [0.1, 0.15) is 0 Å². The van der Waals surface area contributed by atoms with Gasteiger partial charge in [-0.3, -0.25) is 9.88 Å². The van der Waals surface area contributed by atoms with Gasteiger partial charge in [-0.25, -0.2) is 9.78 Å². The number of carbonyl (C=O) groups is 1. The van der Waals surface area contributed by atoms with Crippen molar-refractivity contribution in [2.24, 2.45) is 0 Å². The number of rotatable bonds is 6. The van der Waals surface area contributed by atoms with Crippen LogP contribution in [0, 0.1) is 0 Å². The fraction of sp³-hybridized carbons (Fsp3) is 0.389. The maximum Gasteiger partial charge on any atom is 0.319 e. The summed E-state index contributed by atoms with van der Waals surface area (Å²) in [6, 6.07) is 8.97. The Hall–Kier alpha value is -2.71. The van der Waals surface area contributed by atoms with Crippen molar-refractivity contribution in [2.75, 3.05) is 45.3 Å². The van der Waals surface area contributed by atoms with Crippen molar-refractivity contribution in [1.29, 1.82) is 0 Å². The second-order valence-corrected chi connectivity index (χ2v) is 5.84. The number of aromatic nitrogens is 2. The van der Waals surface area contributed by atoms with Crippen LogP contribution < -0.4 is 15.4 Å². The lowest BCUT2D eigenvalue weighted by atomic mass is 10.1. The van der Waals surface area contributed by atoms with Crippen LogP contribution in [0.15, 0.2) is 42.7 Å². The molecule has 0 bridgehead atoms. The number of urea groups is 1. The van der Waals surface area contributed by atoms with E-state index in [2.05, 4.69) is 25.5 Å². The zero-order valence-electron chi connectivity index (χ0n) is 14.7. The minimum Gasteiger partial charge on any atom is -0.481 e. The third-order valence-electron chi connectivity index (χ3n) is 4.17. The first kappa shape index (κ1) is 18.1. The number of morpholine rings is 1. The summed E-state index contributed by atoms with van der Waals surface area (Å²) in [6.45, 7) is 3.45. The van der Waals surface area contributed by atoms with E-state index in [1.807, 2.05) is 18.2 Å². The predicted octanol–water partition coefficient (Wildman–Crippen LogP) is 1.68. The van der Waals surface area contributed by atoms with Gasteiger partial charge in [0.2, 0.25) is 5.88 Å². The van der Waals surface area contributed by atoms with Crippen LogP contribution in [0.2, 0.25) is 0 Å². The number of anilines is 1. The van der Waals surface area contributed by atoms with Crippen molar-refractivity contribution in [3.63, 3.8) is 0 Å². The van der Waals surface area contributed by atoms with Crippen LogP contribution in [-0.4, -0.2) is 60.9 Å². The molecule has 8 heteroatoms. The average Bonchev–Trinajstić information content (AvgIpc) is 2.70. The Bertz CT molecular complexity index is 690. The summed E-state index contributed by atoms with van der Waals surface area (Å²) >= 11 is 0. The fourth-order valence-corrected chi connectivity index (χ4v) is 2.82. The molecule has 0 radical (unpaired) electrons. The Labute approximate surface area is 152 Å². The van der Waals surface area contributed by atoms with Crippen LogP contribution in [-0.2, 0) is 4.74 Å². The van der Waals surface area contributed by atoms with Gasteiger partial charge in [-0.05, 0) is 18.2 Å². The van der Waals surface area contributed by atoms with E-state index in [1.54, 1.807) is 31.6 Å². The van der Waals surface area contributed by atoms with Crippen molar-refractivity contribution in [2.45, 2.75) is 6.04 Å². The molecule has 0 aromatic carbocycles. The number of carbonyl (C=O) groups excluding carboxylic acids is 1. The largest absolute Gasteiger partial charge is 0.481 e. The lowest BCUT2D eigenvalue weighted by molar-refractivity contribution is 0.0159. The van der Waals surface area contributed by atoms with Gasteiger partial charge in [-0.15, -0.1) is 0 Å². The van der Waals surface area contributed by atoms with E-state index in [0.717, 1.165) is 18.8 Å². The maximum atomic E-state index is 12.2. The molecule has 26 heavy (non-hydrogen) atoms. The Morgan fingerprint density at radius 1 is 1.27 bits per heavy atom. The van der Waals surface area contributed by atoms with Crippen LogP contribution in [0.5, 0.6) is 5.88 Å². The molecular weight excluding hydrogens is 334 g/mol. The first-order chi connectivity index (χ1) is 12.8. The number of hydrogen-bond acceptors (Lipinski definition) is 6. The van der Waals surface area contributed by atoms with Gasteiger partial charge in [0, 0.05) is 31.9 Å². The highest BCUT2D eigenvalue weighted by Gasteiger charge is 2.24. The molecular formula is C18H23N5O3. The molecule has 1 saturated heterocycles. The number of hydrogen-bond donors (Lipinski definition) is 2. The summed E-state index contributed by atoms with van der Waals surface area (Å²) in [5.41, 5.74) is 1.53. The van der Waals surface area contributed by atoms with E-state index in [0.29, 0.717) is 31.3 Å². The standard InChI is InChI=1S/C18H23N5O3/c1-25-17-6-5-14(12-20-17)22-18(24)21-13-16(15-4-2-3-7-19-15)23-8-10-26-11-9-23/h2-7,12,16H,8-11,13H2,1H3,(H2,21,22,24)/t16-/m1/s1. The second-order valence-electron chi connectivity index (χ2n) is 5.84. The molecule has 1 aliphatic rings. The summed E-state index contributed by atoms with van der Waals surface area (Å²) in [6.07, 6.45) is 3.32. The highest BCUT2D eigenvalue weighted by Crippen LogP contribution is 2.19. The zero-order valence-corrected chi connectivity index (χ0v) is 14.7. The zero-order chi connectivity index (χ0) is 18.2. The number of amides is 2. The molecule has 0 saturated carbocycles. The molecule has 0 spiro atoms. The lowest BCUT2D eigenvalue weighted by Crippen LogP contribution is -2.44. The topological polar surface area (TPSA) is 88.6 Å². The maximum absolute atomic E-state index is 12.2. The first-order valence-corrected chi connectivity index (χ1v) is 8.54. The molecule has 1 fully saturated rings. The molecule has 3 rings (SSSR count). The Morgan fingerprint density at radius 3 is 2.77 bits per heavy atom.